The smallest absolute Gasteiger partial charge is 0.226 e. The van der Waals surface area contributed by atoms with Gasteiger partial charge in [-0.25, -0.2) is 4.98 Å². The molecule has 0 saturated heterocycles. The lowest BCUT2D eigenvalue weighted by atomic mass is 9.93. The summed E-state index contributed by atoms with van der Waals surface area (Å²) in [6.45, 7) is 5.91. The minimum absolute atomic E-state index is 0.201. The number of nitrogen functional groups attached to an aromatic ring is 1. The number of hydrogen-bond donors (Lipinski definition) is 1. The SMILES string of the molecule is C=C/C=C\c1cc(C2CCC(n3ccc4c(N)nc(Cl)nc43)C2)ccc1C. The number of rotatable bonds is 4. The van der Waals surface area contributed by atoms with Gasteiger partial charge in [0.05, 0.1) is 5.39 Å². The number of allylic oxidation sites excluding steroid dienone is 2. The Morgan fingerprint density at radius 3 is 2.93 bits per heavy atom. The van der Waals surface area contributed by atoms with E-state index in [1.54, 1.807) is 0 Å². The van der Waals surface area contributed by atoms with E-state index in [0.29, 0.717) is 17.8 Å². The van der Waals surface area contributed by atoms with Gasteiger partial charge < -0.3 is 10.3 Å². The molecule has 1 fully saturated rings. The molecule has 2 N–H and O–H groups in total. The van der Waals surface area contributed by atoms with Crippen molar-refractivity contribution in [2.45, 2.75) is 38.1 Å². The zero-order chi connectivity index (χ0) is 19.0. The van der Waals surface area contributed by atoms with Crippen LogP contribution in [0.15, 0.2) is 49.2 Å². The average molecular weight is 379 g/mol. The molecule has 2 aromatic heterocycles. The molecule has 2 atom stereocenters. The van der Waals surface area contributed by atoms with Crippen LogP contribution in [0.2, 0.25) is 5.28 Å². The van der Waals surface area contributed by atoms with E-state index in [-0.39, 0.29) is 5.28 Å². The molecule has 1 saturated carbocycles. The van der Waals surface area contributed by atoms with Crippen molar-refractivity contribution in [1.82, 2.24) is 14.5 Å². The van der Waals surface area contributed by atoms with Crippen LogP contribution in [-0.2, 0) is 0 Å². The third kappa shape index (κ3) is 3.37. The summed E-state index contributed by atoms with van der Waals surface area (Å²) in [4.78, 5) is 8.47. The fraction of sp³-hybridized carbons (Fsp3) is 0.273. The van der Waals surface area contributed by atoms with Crippen molar-refractivity contribution < 1.29 is 0 Å². The van der Waals surface area contributed by atoms with Crippen LogP contribution < -0.4 is 5.73 Å². The molecule has 138 valence electrons. The monoisotopic (exact) mass is 378 g/mol. The highest BCUT2D eigenvalue weighted by Gasteiger charge is 2.28. The molecule has 1 aliphatic carbocycles. The Labute approximate surface area is 164 Å². The van der Waals surface area contributed by atoms with Crippen LogP contribution in [-0.4, -0.2) is 14.5 Å². The van der Waals surface area contributed by atoms with Crippen LogP contribution in [0.4, 0.5) is 5.82 Å². The second kappa shape index (κ2) is 7.20. The number of nitrogens with zero attached hydrogens (tertiary/aromatic N) is 3. The lowest BCUT2D eigenvalue weighted by Crippen LogP contribution is -2.06. The Balaban J connectivity index is 1.61. The van der Waals surface area contributed by atoms with E-state index in [9.17, 15) is 0 Å². The van der Waals surface area contributed by atoms with E-state index in [2.05, 4.69) is 58.5 Å². The Morgan fingerprint density at radius 1 is 1.26 bits per heavy atom. The maximum atomic E-state index is 6.03. The van der Waals surface area contributed by atoms with Gasteiger partial charge in [-0.15, -0.1) is 0 Å². The first-order valence-corrected chi connectivity index (χ1v) is 9.64. The molecular formula is C22H23ClN4. The number of anilines is 1. The van der Waals surface area contributed by atoms with Gasteiger partial charge in [0.1, 0.15) is 11.5 Å². The van der Waals surface area contributed by atoms with Crippen LogP contribution in [0.5, 0.6) is 0 Å². The van der Waals surface area contributed by atoms with E-state index in [1.165, 1.54) is 16.7 Å². The summed E-state index contributed by atoms with van der Waals surface area (Å²) in [7, 11) is 0. The van der Waals surface area contributed by atoms with Crippen molar-refractivity contribution in [2.24, 2.45) is 0 Å². The summed E-state index contributed by atoms with van der Waals surface area (Å²) in [5.74, 6) is 0.981. The third-order valence-electron chi connectivity index (χ3n) is 5.56. The second-order valence-electron chi connectivity index (χ2n) is 7.21. The molecule has 4 rings (SSSR count). The molecule has 0 spiro atoms. The Bertz CT molecular complexity index is 1030. The fourth-order valence-corrected chi connectivity index (χ4v) is 4.27. The molecule has 0 aliphatic heterocycles. The van der Waals surface area contributed by atoms with Gasteiger partial charge in [0.15, 0.2) is 0 Å². The topological polar surface area (TPSA) is 56.7 Å². The molecule has 1 aromatic carbocycles. The van der Waals surface area contributed by atoms with Crippen LogP contribution in [0.25, 0.3) is 17.1 Å². The standard InChI is InChI=1S/C22H23ClN4/c1-3-4-5-15-12-16(7-6-14(15)2)17-8-9-18(13-17)27-11-10-19-20(24)25-22(23)26-21(19)27/h3-7,10-12,17-18H,1,8-9,13H2,2H3,(H2,24,25,26)/b5-4-. The van der Waals surface area contributed by atoms with Gasteiger partial charge >= 0.3 is 0 Å². The van der Waals surface area contributed by atoms with Gasteiger partial charge in [-0.3, -0.25) is 0 Å². The van der Waals surface area contributed by atoms with Gasteiger partial charge in [0.2, 0.25) is 5.28 Å². The number of benzene rings is 1. The van der Waals surface area contributed by atoms with Crippen molar-refractivity contribution >= 4 is 34.5 Å². The summed E-state index contributed by atoms with van der Waals surface area (Å²) in [6, 6.07) is 9.17. The van der Waals surface area contributed by atoms with E-state index < -0.39 is 0 Å². The zero-order valence-corrected chi connectivity index (χ0v) is 16.2. The van der Waals surface area contributed by atoms with Crippen molar-refractivity contribution in [2.75, 3.05) is 5.73 Å². The average Bonchev–Trinajstić information content (AvgIpc) is 3.28. The van der Waals surface area contributed by atoms with E-state index in [0.717, 1.165) is 30.3 Å². The van der Waals surface area contributed by atoms with Crippen molar-refractivity contribution in [3.8, 4) is 0 Å². The molecule has 2 unspecified atom stereocenters. The Kier molecular flexibility index (Phi) is 4.75. The summed E-state index contributed by atoms with van der Waals surface area (Å²) < 4.78 is 2.21. The number of nitrogens with two attached hydrogens (primary N) is 1. The molecular weight excluding hydrogens is 356 g/mol. The number of aryl methyl sites for hydroxylation is 1. The first-order valence-electron chi connectivity index (χ1n) is 9.26. The van der Waals surface area contributed by atoms with Crippen molar-refractivity contribution in [3.63, 3.8) is 0 Å². The predicted octanol–water partition coefficient (Wildman–Crippen LogP) is 5.68. The number of halogens is 1. The van der Waals surface area contributed by atoms with Gasteiger partial charge in [-0.2, -0.15) is 4.98 Å². The zero-order valence-electron chi connectivity index (χ0n) is 15.4. The van der Waals surface area contributed by atoms with Crippen LogP contribution >= 0.6 is 11.6 Å². The summed E-state index contributed by atoms with van der Waals surface area (Å²) >= 11 is 6.03. The maximum Gasteiger partial charge on any atom is 0.226 e. The van der Waals surface area contributed by atoms with E-state index in [1.807, 2.05) is 18.2 Å². The summed E-state index contributed by atoms with van der Waals surface area (Å²) in [5, 5.41) is 1.07. The fourth-order valence-electron chi connectivity index (χ4n) is 4.10. The summed E-state index contributed by atoms with van der Waals surface area (Å²) in [6.07, 6.45) is 11.3. The first kappa shape index (κ1) is 17.8. The molecule has 1 aliphatic rings. The Hall–Kier alpha value is -2.59. The predicted molar refractivity (Wildman–Crippen MR) is 113 cm³/mol. The number of aromatic nitrogens is 3. The highest BCUT2D eigenvalue weighted by atomic mass is 35.5. The van der Waals surface area contributed by atoms with Crippen molar-refractivity contribution in [3.05, 3.63) is 71.2 Å². The van der Waals surface area contributed by atoms with Gasteiger partial charge in [-0.1, -0.05) is 43.0 Å². The lowest BCUT2D eigenvalue weighted by molar-refractivity contribution is 0.523. The van der Waals surface area contributed by atoms with Crippen molar-refractivity contribution in [1.29, 1.82) is 0 Å². The molecule has 4 nitrogen and oxygen atoms in total. The van der Waals surface area contributed by atoms with Crippen LogP contribution in [0.1, 0.15) is 47.9 Å². The molecule has 3 aromatic rings. The van der Waals surface area contributed by atoms with Gasteiger partial charge in [-0.05, 0) is 66.5 Å². The van der Waals surface area contributed by atoms with Crippen LogP contribution in [0, 0.1) is 6.92 Å². The first-order chi connectivity index (χ1) is 13.1. The highest BCUT2D eigenvalue weighted by molar-refractivity contribution is 6.28. The largest absolute Gasteiger partial charge is 0.383 e. The molecule has 2 heterocycles. The highest BCUT2D eigenvalue weighted by Crippen LogP contribution is 2.42. The second-order valence-corrected chi connectivity index (χ2v) is 7.55. The van der Waals surface area contributed by atoms with Crippen LogP contribution in [0.3, 0.4) is 0 Å². The van der Waals surface area contributed by atoms with Gasteiger partial charge in [0, 0.05) is 12.2 Å². The number of hydrogen-bond acceptors (Lipinski definition) is 3. The normalized spacial score (nSPS) is 19.9. The van der Waals surface area contributed by atoms with E-state index >= 15 is 0 Å². The molecule has 27 heavy (non-hydrogen) atoms. The molecule has 0 radical (unpaired) electrons. The maximum absolute atomic E-state index is 6.03. The molecule has 5 heteroatoms. The lowest BCUT2D eigenvalue weighted by Gasteiger charge is -2.15. The van der Waals surface area contributed by atoms with Gasteiger partial charge in [0.25, 0.3) is 0 Å². The number of fused-ring (bicyclic) bond motifs is 1. The Morgan fingerprint density at radius 2 is 2.11 bits per heavy atom. The summed E-state index contributed by atoms with van der Waals surface area (Å²) in [5.41, 5.74) is 10.8. The minimum atomic E-state index is 0.201. The minimum Gasteiger partial charge on any atom is -0.383 e. The third-order valence-corrected chi connectivity index (χ3v) is 5.73. The molecule has 0 amide bonds. The van der Waals surface area contributed by atoms with E-state index in [4.69, 9.17) is 17.3 Å². The quantitative estimate of drug-likeness (QED) is 0.469. The molecule has 0 bridgehead atoms.